The highest BCUT2D eigenvalue weighted by molar-refractivity contribution is 7.99. The van der Waals surface area contributed by atoms with Crippen LogP contribution < -0.4 is 5.32 Å². The number of aromatic nitrogens is 4. The number of rotatable bonds is 6. The van der Waals surface area contributed by atoms with Gasteiger partial charge >= 0.3 is 0 Å². The molecule has 7 heteroatoms. The molecule has 0 radical (unpaired) electrons. The van der Waals surface area contributed by atoms with Gasteiger partial charge < -0.3 is 5.32 Å². The molecular formula is C17H17N5OS. The van der Waals surface area contributed by atoms with Gasteiger partial charge in [0.2, 0.25) is 0 Å². The number of amides is 1. The first-order valence-corrected chi connectivity index (χ1v) is 8.52. The molecule has 1 N–H and O–H groups in total. The van der Waals surface area contributed by atoms with E-state index in [9.17, 15) is 4.79 Å². The third-order valence-corrected chi connectivity index (χ3v) is 4.44. The van der Waals surface area contributed by atoms with Gasteiger partial charge in [0.25, 0.3) is 5.91 Å². The van der Waals surface area contributed by atoms with Gasteiger partial charge in [0.1, 0.15) is 6.33 Å². The van der Waals surface area contributed by atoms with E-state index in [-0.39, 0.29) is 5.91 Å². The standard InChI is InChI=1S/C17H17N5OS/c1-13-6-8-14(9-7-13)24-11-10-18-17(23)15-4-2-3-5-16(15)22-12-19-20-21-22/h2-9,12H,10-11H2,1H3,(H,18,23). The van der Waals surface area contributed by atoms with Crippen molar-refractivity contribution in [3.63, 3.8) is 0 Å². The average Bonchev–Trinajstić information content (AvgIpc) is 3.14. The summed E-state index contributed by atoms with van der Waals surface area (Å²) >= 11 is 1.72. The molecule has 0 spiro atoms. The molecule has 3 aromatic rings. The topological polar surface area (TPSA) is 72.7 Å². The number of benzene rings is 2. The zero-order valence-electron chi connectivity index (χ0n) is 13.2. The molecule has 3 rings (SSSR count). The smallest absolute Gasteiger partial charge is 0.253 e. The predicted molar refractivity (Wildman–Crippen MR) is 93.4 cm³/mol. The maximum Gasteiger partial charge on any atom is 0.253 e. The first-order chi connectivity index (χ1) is 11.7. The molecular weight excluding hydrogens is 322 g/mol. The molecule has 2 aromatic carbocycles. The van der Waals surface area contributed by atoms with Crippen LogP contribution in [0.4, 0.5) is 0 Å². The van der Waals surface area contributed by atoms with Crippen LogP contribution >= 0.6 is 11.8 Å². The van der Waals surface area contributed by atoms with Crippen LogP contribution in [0.5, 0.6) is 0 Å². The van der Waals surface area contributed by atoms with Crippen molar-refractivity contribution in [2.75, 3.05) is 12.3 Å². The van der Waals surface area contributed by atoms with Crippen LogP contribution in [0.15, 0.2) is 59.8 Å². The lowest BCUT2D eigenvalue weighted by Crippen LogP contribution is -2.27. The molecule has 0 aliphatic heterocycles. The monoisotopic (exact) mass is 339 g/mol. The van der Waals surface area contributed by atoms with E-state index in [1.165, 1.54) is 21.5 Å². The van der Waals surface area contributed by atoms with Crippen LogP contribution in [-0.2, 0) is 0 Å². The summed E-state index contributed by atoms with van der Waals surface area (Å²) < 4.78 is 1.48. The maximum atomic E-state index is 12.4. The third-order valence-electron chi connectivity index (χ3n) is 3.42. The number of tetrazole rings is 1. The highest BCUT2D eigenvalue weighted by Gasteiger charge is 2.12. The van der Waals surface area contributed by atoms with Gasteiger partial charge in [0.15, 0.2) is 0 Å². The zero-order chi connectivity index (χ0) is 16.8. The minimum absolute atomic E-state index is 0.134. The van der Waals surface area contributed by atoms with Crippen LogP contribution in [-0.4, -0.2) is 38.4 Å². The normalized spacial score (nSPS) is 10.5. The van der Waals surface area contributed by atoms with E-state index in [0.29, 0.717) is 17.8 Å². The largest absolute Gasteiger partial charge is 0.351 e. The van der Waals surface area contributed by atoms with Gasteiger partial charge in [0, 0.05) is 17.2 Å². The summed E-state index contributed by atoms with van der Waals surface area (Å²) in [6.45, 7) is 2.65. The second-order valence-corrected chi connectivity index (χ2v) is 6.36. The molecule has 0 aliphatic carbocycles. The number of hydrogen-bond donors (Lipinski definition) is 1. The fourth-order valence-corrected chi connectivity index (χ4v) is 2.97. The van der Waals surface area contributed by atoms with Crippen molar-refractivity contribution in [2.24, 2.45) is 0 Å². The highest BCUT2D eigenvalue weighted by atomic mass is 32.2. The summed E-state index contributed by atoms with van der Waals surface area (Å²) in [6, 6.07) is 15.6. The molecule has 0 saturated heterocycles. The van der Waals surface area contributed by atoms with E-state index in [1.54, 1.807) is 17.8 Å². The van der Waals surface area contributed by atoms with Crippen molar-refractivity contribution in [1.29, 1.82) is 0 Å². The van der Waals surface area contributed by atoms with Crippen molar-refractivity contribution < 1.29 is 4.79 Å². The molecule has 6 nitrogen and oxygen atoms in total. The molecule has 24 heavy (non-hydrogen) atoms. The number of nitrogens with one attached hydrogen (secondary N) is 1. The lowest BCUT2D eigenvalue weighted by atomic mass is 10.1. The van der Waals surface area contributed by atoms with Crippen molar-refractivity contribution in [3.05, 3.63) is 66.0 Å². The molecule has 1 aromatic heterocycles. The maximum absolute atomic E-state index is 12.4. The van der Waals surface area contributed by atoms with Gasteiger partial charge in [-0.05, 0) is 41.6 Å². The first kappa shape index (κ1) is 16.2. The van der Waals surface area contributed by atoms with E-state index < -0.39 is 0 Å². The van der Waals surface area contributed by atoms with Gasteiger partial charge in [-0.1, -0.05) is 29.8 Å². The third kappa shape index (κ3) is 3.99. The van der Waals surface area contributed by atoms with Gasteiger partial charge in [-0.15, -0.1) is 16.9 Å². The summed E-state index contributed by atoms with van der Waals surface area (Å²) in [5, 5.41) is 14.0. The van der Waals surface area contributed by atoms with Gasteiger partial charge in [-0.25, -0.2) is 0 Å². The zero-order valence-corrected chi connectivity index (χ0v) is 14.0. The van der Waals surface area contributed by atoms with Crippen LogP contribution in [0.3, 0.4) is 0 Å². The molecule has 0 saturated carbocycles. The van der Waals surface area contributed by atoms with Crippen LogP contribution in [0.1, 0.15) is 15.9 Å². The summed E-state index contributed by atoms with van der Waals surface area (Å²) in [5.41, 5.74) is 2.45. The van der Waals surface area contributed by atoms with E-state index >= 15 is 0 Å². The Bertz CT molecular complexity index is 802. The van der Waals surface area contributed by atoms with Gasteiger partial charge in [-0.3, -0.25) is 4.79 Å². The molecule has 0 bridgehead atoms. The molecule has 0 atom stereocenters. The van der Waals surface area contributed by atoms with Crippen molar-refractivity contribution in [2.45, 2.75) is 11.8 Å². The highest BCUT2D eigenvalue weighted by Crippen LogP contribution is 2.17. The number of carbonyl (C=O) groups excluding carboxylic acids is 1. The van der Waals surface area contributed by atoms with Gasteiger partial charge in [0.05, 0.1) is 11.3 Å². The Labute approximate surface area is 144 Å². The SMILES string of the molecule is Cc1ccc(SCCNC(=O)c2ccccc2-n2cnnn2)cc1. The van der Waals surface area contributed by atoms with Gasteiger partial charge in [-0.2, -0.15) is 4.68 Å². The Balaban J connectivity index is 1.57. The molecule has 1 heterocycles. The molecule has 0 fully saturated rings. The van der Waals surface area contributed by atoms with E-state index in [4.69, 9.17) is 0 Å². The molecule has 1 amide bonds. The van der Waals surface area contributed by atoms with E-state index in [1.807, 2.05) is 18.2 Å². The predicted octanol–water partition coefficient (Wildman–Crippen LogP) is 2.49. The summed E-state index contributed by atoms with van der Waals surface area (Å²) in [5.74, 6) is 0.674. The minimum atomic E-state index is -0.134. The second kappa shape index (κ2) is 7.74. The van der Waals surface area contributed by atoms with Crippen LogP contribution in [0, 0.1) is 6.92 Å². The quantitative estimate of drug-likeness (QED) is 0.552. The molecule has 122 valence electrons. The first-order valence-electron chi connectivity index (χ1n) is 7.54. The van der Waals surface area contributed by atoms with Crippen molar-refractivity contribution in [3.8, 4) is 5.69 Å². The van der Waals surface area contributed by atoms with E-state index in [2.05, 4.69) is 52.0 Å². The number of nitrogens with zero attached hydrogens (tertiary/aromatic N) is 4. The minimum Gasteiger partial charge on any atom is -0.351 e. The number of para-hydroxylation sites is 1. The number of thioether (sulfide) groups is 1. The molecule has 0 aliphatic rings. The Morgan fingerprint density at radius 1 is 1.17 bits per heavy atom. The second-order valence-electron chi connectivity index (χ2n) is 5.19. The lowest BCUT2D eigenvalue weighted by Gasteiger charge is -2.09. The Kier molecular flexibility index (Phi) is 5.22. The van der Waals surface area contributed by atoms with Crippen LogP contribution in [0.25, 0.3) is 5.69 Å². The summed E-state index contributed by atoms with van der Waals surface area (Å²) in [6.07, 6.45) is 1.47. The van der Waals surface area contributed by atoms with Crippen LogP contribution in [0.2, 0.25) is 0 Å². The fourth-order valence-electron chi connectivity index (χ4n) is 2.20. The number of carbonyl (C=O) groups is 1. The Morgan fingerprint density at radius 2 is 1.96 bits per heavy atom. The molecule has 0 unspecified atom stereocenters. The Morgan fingerprint density at radius 3 is 2.71 bits per heavy atom. The Hall–Kier alpha value is -2.67. The number of hydrogen-bond acceptors (Lipinski definition) is 5. The fraction of sp³-hybridized carbons (Fsp3) is 0.176. The number of aryl methyl sites for hydroxylation is 1. The van der Waals surface area contributed by atoms with Crippen molar-refractivity contribution in [1.82, 2.24) is 25.5 Å². The van der Waals surface area contributed by atoms with Crippen molar-refractivity contribution >= 4 is 17.7 Å². The van der Waals surface area contributed by atoms with E-state index in [0.717, 1.165) is 5.75 Å². The summed E-state index contributed by atoms with van der Waals surface area (Å²) in [7, 11) is 0. The average molecular weight is 339 g/mol. The summed E-state index contributed by atoms with van der Waals surface area (Å²) in [4.78, 5) is 13.6. The lowest BCUT2D eigenvalue weighted by molar-refractivity contribution is 0.0956.